The van der Waals surface area contributed by atoms with Gasteiger partial charge in [0.05, 0.1) is 5.69 Å². The Bertz CT molecular complexity index is 670. The number of carboxylic acids is 1. The van der Waals surface area contributed by atoms with Gasteiger partial charge in [-0.3, -0.25) is 4.79 Å². The van der Waals surface area contributed by atoms with Gasteiger partial charge in [-0.1, -0.05) is 32.3 Å². The maximum atomic E-state index is 12.7. The third kappa shape index (κ3) is 3.97. The van der Waals surface area contributed by atoms with Crippen LogP contribution < -0.4 is 4.90 Å². The SMILES string of the molecule is CCC(=O)N(c1cc(C2=CCCCC2)sc1C(=O)O)C1CCCCC1. The fourth-order valence-electron chi connectivity index (χ4n) is 3.98. The topological polar surface area (TPSA) is 57.6 Å². The van der Waals surface area contributed by atoms with Crippen LogP contribution in [-0.2, 0) is 4.79 Å². The highest BCUT2D eigenvalue weighted by molar-refractivity contribution is 7.15. The minimum absolute atomic E-state index is 0.0383. The van der Waals surface area contributed by atoms with Crippen LogP contribution in [0, 0.1) is 0 Å². The molecule has 2 aliphatic rings. The highest BCUT2D eigenvalue weighted by atomic mass is 32.1. The molecule has 0 aliphatic heterocycles. The van der Waals surface area contributed by atoms with Gasteiger partial charge in [-0.15, -0.1) is 11.3 Å². The van der Waals surface area contributed by atoms with Crippen molar-refractivity contribution in [3.63, 3.8) is 0 Å². The molecule has 0 saturated heterocycles. The van der Waals surface area contributed by atoms with Crippen molar-refractivity contribution in [3.8, 4) is 0 Å². The van der Waals surface area contributed by atoms with Gasteiger partial charge in [0.15, 0.2) is 0 Å². The summed E-state index contributed by atoms with van der Waals surface area (Å²) in [5.41, 5.74) is 1.87. The summed E-state index contributed by atoms with van der Waals surface area (Å²) in [6.07, 6.45) is 12.4. The van der Waals surface area contributed by atoms with Crippen LogP contribution in [0.25, 0.3) is 5.57 Å². The van der Waals surface area contributed by atoms with Crippen LogP contribution >= 0.6 is 11.3 Å². The summed E-state index contributed by atoms with van der Waals surface area (Å²) in [7, 11) is 0. The molecule has 1 amide bonds. The Hall–Kier alpha value is -1.62. The smallest absolute Gasteiger partial charge is 0.348 e. The van der Waals surface area contributed by atoms with Gasteiger partial charge < -0.3 is 10.0 Å². The Morgan fingerprint density at radius 3 is 2.56 bits per heavy atom. The van der Waals surface area contributed by atoms with E-state index in [4.69, 9.17) is 0 Å². The molecule has 1 heterocycles. The molecule has 0 spiro atoms. The van der Waals surface area contributed by atoms with Crippen molar-refractivity contribution in [2.45, 2.75) is 77.2 Å². The van der Waals surface area contributed by atoms with Gasteiger partial charge in [0.25, 0.3) is 0 Å². The second kappa shape index (κ2) is 8.17. The van der Waals surface area contributed by atoms with Crippen molar-refractivity contribution in [2.24, 2.45) is 0 Å². The van der Waals surface area contributed by atoms with Crippen LogP contribution in [0.5, 0.6) is 0 Å². The Morgan fingerprint density at radius 2 is 1.96 bits per heavy atom. The van der Waals surface area contributed by atoms with Crippen LogP contribution in [-0.4, -0.2) is 23.0 Å². The number of aromatic carboxylic acids is 1. The Labute approximate surface area is 153 Å². The number of hydrogen-bond donors (Lipinski definition) is 1. The van der Waals surface area contributed by atoms with Crippen LogP contribution in [0.15, 0.2) is 12.1 Å². The van der Waals surface area contributed by atoms with E-state index in [9.17, 15) is 14.7 Å². The quantitative estimate of drug-likeness (QED) is 0.755. The number of carbonyl (C=O) groups is 2. The molecule has 0 aromatic carbocycles. The maximum Gasteiger partial charge on any atom is 0.348 e. The lowest BCUT2D eigenvalue weighted by Crippen LogP contribution is -2.41. The largest absolute Gasteiger partial charge is 0.477 e. The molecule has 136 valence electrons. The zero-order chi connectivity index (χ0) is 17.8. The second-order valence-electron chi connectivity index (χ2n) is 7.01. The van der Waals surface area contributed by atoms with Crippen LogP contribution in [0.3, 0.4) is 0 Å². The van der Waals surface area contributed by atoms with E-state index < -0.39 is 5.97 Å². The lowest BCUT2D eigenvalue weighted by molar-refractivity contribution is -0.118. The Balaban J connectivity index is 2.01. The first-order chi connectivity index (χ1) is 12.1. The van der Waals surface area contributed by atoms with Gasteiger partial charge in [-0.25, -0.2) is 4.79 Å². The number of amides is 1. The van der Waals surface area contributed by atoms with Gasteiger partial charge in [-0.2, -0.15) is 0 Å². The van der Waals surface area contributed by atoms with Gasteiger partial charge in [0, 0.05) is 17.3 Å². The monoisotopic (exact) mass is 361 g/mol. The number of carboxylic acid groups (broad SMARTS) is 1. The van der Waals surface area contributed by atoms with Crippen molar-refractivity contribution < 1.29 is 14.7 Å². The third-order valence-electron chi connectivity index (χ3n) is 5.28. The first-order valence-electron chi connectivity index (χ1n) is 9.50. The number of rotatable bonds is 5. The molecule has 4 nitrogen and oxygen atoms in total. The lowest BCUT2D eigenvalue weighted by atomic mass is 9.93. The summed E-state index contributed by atoms with van der Waals surface area (Å²) < 4.78 is 0. The summed E-state index contributed by atoms with van der Waals surface area (Å²) in [6, 6.07) is 2.11. The number of anilines is 1. The zero-order valence-corrected chi connectivity index (χ0v) is 15.7. The molecule has 1 aromatic rings. The van der Waals surface area contributed by atoms with Crippen LogP contribution in [0.4, 0.5) is 5.69 Å². The number of allylic oxidation sites excluding steroid dienone is 2. The molecule has 1 fully saturated rings. The Morgan fingerprint density at radius 1 is 1.20 bits per heavy atom. The molecule has 1 saturated carbocycles. The van der Waals surface area contributed by atoms with Crippen molar-refractivity contribution in [3.05, 3.63) is 21.9 Å². The minimum Gasteiger partial charge on any atom is -0.477 e. The number of thiophene rings is 1. The molecule has 0 bridgehead atoms. The highest BCUT2D eigenvalue weighted by Crippen LogP contribution is 2.40. The van der Waals surface area contributed by atoms with Crippen molar-refractivity contribution in [1.29, 1.82) is 0 Å². The van der Waals surface area contributed by atoms with Crippen molar-refractivity contribution in [1.82, 2.24) is 0 Å². The summed E-state index contributed by atoms with van der Waals surface area (Å²) >= 11 is 1.33. The van der Waals surface area contributed by atoms with Crippen LogP contribution in [0.2, 0.25) is 0 Å². The molecule has 1 N–H and O–H groups in total. The molecule has 1 aromatic heterocycles. The molecule has 5 heteroatoms. The predicted molar refractivity (Wildman–Crippen MR) is 102 cm³/mol. The van der Waals surface area contributed by atoms with E-state index in [1.165, 1.54) is 29.8 Å². The van der Waals surface area contributed by atoms with E-state index in [1.54, 1.807) is 0 Å². The van der Waals surface area contributed by atoms with E-state index >= 15 is 0 Å². The van der Waals surface area contributed by atoms with E-state index in [1.807, 2.05) is 17.9 Å². The first-order valence-corrected chi connectivity index (χ1v) is 10.3. The van der Waals surface area contributed by atoms with Crippen molar-refractivity contribution >= 4 is 34.5 Å². The van der Waals surface area contributed by atoms with Gasteiger partial charge in [-0.05, 0) is 50.2 Å². The molecule has 25 heavy (non-hydrogen) atoms. The highest BCUT2D eigenvalue weighted by Gasteiger charge is 2.31. The molecule has 0 radical (unpaired) electrons. The number of carbonyl (C=O) groups excluding carboxylic acids is 1. The minimum atomic E-state index is -0.924. The van der Waals surface area contributed by atoms with Gasteiger partial charge >= 0.3 is 5.97 Å². The predicted octanol–water partition coefficient (Wildman–Crippen LogP) is 5.48. The maximum absolute atomic E-state index is 12.7. The number of hydrogen-bond acceptors (Lipinski definition) is 3. The second-order valence-corrected chi connectivity index (χ2v) is 8.07. The molecule has 0 atom stereocenters. The van der Waals surface area contributed by atoms with E-state index in [-0.39, 0.29) is 11.9 Å². The summed E-state index contributed by atoms with van der Waals surface area (Å²) in [5, 5.41) is 9.73. The van der Waals surface area contributed by atoms with E-state index in [2.05, 4.69) is 6.08 Å². The molecule has 2 aliphatic carbocycles. The molecule has 3 rings (SSSR count). The average molecular weight is 362 g/mol. The third-order valence-corrected chi connectivity index (χ3v) is 6.47. The fourth-order valence-corrected chi connectivity index (χ4v) is 5.03. The Kier molecular flexibility index (Phi) is 5.94. The molecule has 0 unspecified atom stereocenters. The number of nitrogens with zero attached hydrogens (tertiary/aromatic N) is 1. The van der Waals surface area contributed by atoms with E-state index in [0.717, 1.165) is 49.8 Å². The van der Waals surface area contributed by atoms with E-state index in [0.29, 0.717) is 17.0 Å². The van der Waals surface area contributed by atoms with Gasteiger partial charge in [0.1, 0.15) is 4.88 Å². The lowest BCUT2D eigenvalue weighted by Gasteiger charge is -2.34. The summed E-state index contributed by atoms with van der Waals surface area (Å²) in [5.74, 6) is -0.885. The fraction of sp³-hybridized carbons (Fsp3) is 0.600. The summed E-state index contributed by atoms with van der Waals surface area (Å²) in [6.45, 7) is 1.86. The zero-order valence-electron chi connectivity index (χ0n) is 14.9. The van der Waals surface area contributed by atoms with Crippen molar-refractivity contribution in [2.75, 3.05) is 4.90 Å². The molecular weight excluding hydrogens is 334 g/mol. The normalized spacial score (nSPS) is 18.7. The van der Waals surface area contributed by atoms with Crippen LogP contribution in [0.1, 0.15) is 85.7 Å². The molecular formula is C20H27NO3S. The summed E-state index contributed by atoms with van der Waals surface area (Å²) in [4.78, 5) is 27.7. The first kappa shape index (κ1) is 18.2. The standard InChI is InChI=1S/C20H27NO3S/c1-2-18(22)21(15-11-7-4-8-12-15)16-13-17(25-19(16)20(23)24)14-9-5-3-6-10-14/h9,13,15H,2-8,10-12H2,1H3,(H,23,24). The average Bonchev–Trinajstić information content (AvgIpc) is 3.08. The van der Waals surface area contributed by atoms with Gasteiger partial charge in [0.2, 0.25) is 5.91 Å².